The Morgan fingerprint density at radius 2 is 2.04 bits per heavy atom. The van der Waals surface area contributed by atoms with Gasteiger partial charge in [0.15, 0.2) is 6.54 Å². The second-order valence-electron chi connectivity index (χ2n) is 8.19. The number of rotatable bonds is 3. The number of quaternary nitrogens is 1. The van der Waals surface area contributed by atoms with Crippen molar-refractivity contribution in [3.63, 3.8) is 0 Å². The molecule has 1 saturated heterocycles. The Hall–Kier alpha value is -2.24. The van der Waals surface area contributed by atoms with Gasteiger partial charge in [0.1, 0.15) is 5.01 Å². The van der Waals surface area contributed by atoms with Crippen molar-refractivity contribution in [2.45, 2.75) is 38.1 Å². The van der Waals surface area contributed by atoms with Crippen LogP contribution in [0.2, 0.25) is 0 Å². The van der Waals surface area contributed by atoms with Gasteiger partial charge in [0.05, 0.1) is 29.2 Å². The molecule has 2 aromatic carbocycles. The topological polar surface area (TPSA) is 37.6 Å². The first-order chi connectivity index (χ1) is 13.7. The number of anilines is 1. The predicted molar refractivity (Wildman–Crippen MR) is 114 cm³/mol. The predicted octanol–water partition coefficient (Wildman–Crippen LogP) is 3.04. The van der Waals surface area contributed by atoms with Crippen LogP contribution < -0.4 is 9.80 Å². The number of piperidine rings is 1. The number of amides is 1. The average Bonchev–Trinajstić information content (AvgIpc) is 3.28. The molecule has 3 heterocycles. The molecule has 1 fully saturated rings. The molecule has 0 spiro atoms. The van der Waals surface area contributed by atoms with Crippen molar-refractivity contribution in [1.29, 1.82) is 0 Å². The number of hydrogen-bond acceptors (Lipinski definition) is 3. The van der Waals surface area contributed by atoms with Gasteiger partial charge in [-0.1, -0.05) is 30.3 Å². The first kappa shape index (κ1) is 17.8. The number of benzene rings is 2. The number of para-hydroxylation sites is 2. The van der Waals surface area contributed by atoms with Crippen LogP contribution >= 0.6 is 11.3 Å². The fourth-order valence-electron chi connectivity index (χ4n) is 4.83. The maximum Gasteiger partial charge on any atom is 0.282 e. The van der Waals surface area contributed by atoms with Gasteiger partial charge in [0.25, 0.3) is 5.91 Å². The molecule has 1 N–H and O–H groups in total. The standard InChI is InChI=1S/C23H25N3OS/c1-16-13-17-7-2-4-10-20(17)26(16)22(27)15-25-12-6-8-18(14-25)23-24-19-9-3-5-11-21(19)28-23/h2-5,7,9-11,16,18H,6,8,12-15H2,1H3/p+1/t16-,18+/m1/s1. The van der Waals surface area contributed by atoms with Crippen molar-refractivity contribution in [3.05, 3.63) is 59.1 Å². The number of carbonyl (C=O) groups is 1. The van der Waals surface area contributed by atoms with Crippen molar-refractivity contribution in [2.75, 3.05) is 24.5 Å². The first-order valence-corrected chi connectivity index (χ1v) is 11.1. The van der Waals surface area contributed by atoms with E-state index in [1.807, 2.05) is 22.3 Å². The van der Waals surface area contributed by atoms with Gasteiger partial charge >= 0.3 is 0 Å². The van der Waals surface area contributed by atoms with E-state index in [1.165, 1.54) is 26.6 Å². The highest BCUT2D eigenvalue weighted by Gasteiger charge is 2.34. The van der Waals surface area contributed by atoms with Gasteiger partial charge in [-0.05, 0) is 49.9 Å². The molecule has 144 valence electrons. The zero-order valence-electron chi connectivity index (χ0n) is 16.2. The van der Waals surface area contributed by atoms with E-state index in [4.69, 9.17) is 4.98 Å². The highest BCUT2D eigenvalue weighted by atomic mass is 32.1. The van der Waals surface area contributed by atoms with E-state index >= 15 is 0 Å². The Kier molecular flexibility index (Phi) is 4.65. The summed E-state index contributed by atoms with van der Waals surface area (Å²) in [5.41, 5.74) is 3.51. The van der Waals surface area contributed by atoms with E-state index in [0.29, 0.717) is 12.5 Å². The van der Waals surface area contributed by atoms with Crippen LogP contribution in [0.5, 0.6) is 0 Å². The Labute approximate surface area is 169 Å². The average molecular weight is 393 g/mol. The van der Waals surface area contributed by atoms with Crippen LogP contribution in [0.15, 0.2) is 48.5 Å². The minimum Gasteiger partial charge on any atom is -0.327 e. The fraction of sp³-hybridized carbons (Fsp3) is 0.391. The van der Waals surface area contributed by atoms with E-state index in [-0.39, 0.29) is 11.9 Å². The summed E-state index contributed by atoms with van der Waals surface area (Å²) in [6, 6.07) is 17.0. The van der Waals surface area contributed by atoms with Crippen molar-refractivity contribution in [1.82, 2.24) is 4.98 Å². The SMILES string of the molecule is C[C@@H]1Cc2ccccc2N1C(=O)C[NH+]1CCC[C@H](c2nc3ccccc3s2)C1. The van der Waals surface area contributed by atoms with Gasteiger partial charge in [0.2, 0.25) is 0 Å². The number of nitrogens with zero attached hydrogens (tertiary/aromatic N) is 2. The van der Waals surface area contributed by atoms with E-state index < -0.39 is 0 Å². The summed E-state index contributed by atoms with van der Waals surface area (Å²) in [7, 11) is 0. The molecule has 2 aliphatic rings. The van der Waals surface area contributed by atoms with Crippen LogP contribution in [0.1, 0.15) is 36.3 Å². The van der Waals surface area contributed by atoms with E-state index in [0.717, 1.165) is 37.1 Å². The molecule has 5 rings (SSSR count). The third-order valence-electron chi connectivity index (χ3n) is 6.15. The number of aromatic nitrogens is 1. The summed E-state index contributed by atoms with van der Waals surface area (Å²) >= 11 is 1.82. The smallest absolute Gasteiger partial charge is 0.282 e. The van der Waals surface area contributed by atoms with Gasteiger partial charge in [0, 0.05) is 11.7 Å². The third kappa shape index (κ3) is 3.23. The summed E-state index contributed by atoms with van der Waals surface area (Å²) in [6.07, 6.45) is 3.31. The number of likely N-dealkylation sites (tertiary alicyclic amines) is 1. The van der Waals surface area contributed by atoms with Gasteiger partial charge in [-0.25, -0.2) is 4.98 Å². The second-order valence-corrected chi connectivity index (χ2v) is 9.25. The van der Waals surface area contributed by atoms with Crippen LogP contribution in [-0.2, 0) is 11.2 Å². The molecule has 0 bridgehead atoms. The lowest BCUT2D eigenvalue weighted by Gasteiger charge is -2.30. The van der Waals surface area contributed by atoms with Crippen molar-refractivity contribution in [2.24, 2.45) is 0 Å². The Balaban J connectivity index is 1.30. The highest BCUT2D eigenvalue weighted by Crippen LogP contribution is 2.32. The van der Waals surface area contributed by atoms with Crippen molar-refractivity contribution < 1.29 is 9.69 Å². The molecule has 3 atom stereocenters. The lowest BCUT2D eigenvalue weighted by molar-refractivity contribution is -0.898. The minimum absolute atomic E-state index is 0.258. The Morgan fingerprint density at radius 1 is 1.21 bits per heavy atom. The molecule has 2 aliphatic heterocycles. The normalized spacial score (nSPS) is 24.5. The number of carbonyl (C=O) groups excluding carboxylic acids is 1. The molecular weight excluding hydrogens is 366 g/mol. The quantitative estimate of drug-likeness (QED) is 0.744. The third-order valence-corrected chi connectivity index (χ3v) is 7.35. The molecule has 3 aromatic rings. The van der Waals surface area contributed by atoms with Gasteiger partial charge in [-0.2, -0.15) is 0 Å². The number of thiazole rings is 1. The van der Waals surface area contributed by atoms with Crippen LogP contribution in [0, 0.1) is 0 Å². The first-order valence-electron chi connectivity index (χ1n) is 10.3. The van der Waals surface area contributed by atoms with Gasteiger partial charge in [-0.3, -0.25) is 4.79 Å². The van der Waals surface area contributed by atoms with Crippen LogP contribution in [-0.4, -0.2) is 36.6 Å². The Bertz CT molecular complexity index is 981. The van der Waals surface area contributed by atoms with Gasteiger partial charge in [-0.15, -0.1) is 11.3 Å². The molecule has 0 radical (unpaired) electrons. The molecule has 5 heteroatoms. The molecule has 4 nitrogen and oxygen atoms in total. The summed E-state index contributed by atoms with van der Waals surface area (Å²) in [4.78, 5) is 21.5. The number of nitrogens with one attached hydrogen (secondary N) is 1. The van der Waals surface area contributed by atoms with Crippen molar-refractivity contribution >= 4 is 33.1 Å². The molecule has 1 amide bonds. The maximum atomic E-state index is 13.2. The molecular formula is C23H26N3OS+. The zero-order chi connectivity index (χ0) is 19.1. The summed E-state index contributed by atoms with van der Waals surface area (Å²) in [5, 5.41) is 1.24. The van der Waals surface area contributed by atoms with Gasteiger partial charge < -0.3 is 9.80 Å². The van der Waals surface area contributed by atoms with E-state index in [9.17, 15) is 4.79 Å². The lowest BCUT2D eigenvalue weighted by Crippen LogP contribution is -3.14. The molecule has 0 aliphatic carbocycles. The Morgan fingerprint density at radius 3 is 2.93 bits per heavy atom. The fourth-order valence-corrected chi connectivity index (χ4v) is 5.93. The highest BCUT2D eigenvalue weighted by molar-refractivity contribution is 7.18. The van der Waals surface area contributed by atoms with Crippen LogP contribution in [0.3, 0.4) is 0 Å². The number of fused-ring (bicyclic) bond motifs is 2. The molecule has 1 aromatic heterocycles. The lowest BCUT2D eigenvalue weighted by atomic mass is 9.98. The second kappa shape index (κ2) is 7.30. The zero-order valence-corrected chi connectivity index (χ0v) is 17.0. The van der Waals surface area contributed by atoms with Crippen LogP contribution in [0.4, 0.5) is 5.69 Å². The largest absolute Gasteiger partial charge is 0.327 e. The summed E-state index contributed by atoms with van der Waals surface area (Å²) < 4.78 is 1.27. The summed E-state index contributed by atoms with van der Waals surface area (Å²) in [5.74, 6) is 0.731. The summed E-state index contributed by atoms with van der Waals surface area (Å²) in [6.45, 7) is 4.83. The number of hydrogen-bond donors (Lipinski definition) is 1. The monoisotopic (exact) mass is 392 g/mol. The van der Waals surface area contributed by atoms with E-state index in [1.54, 1.807) is 0 Å². The minimum atomic E-state index is 0.258. The van der Waals surface area contributed by atoms with Crippen LogP contribution in [0.25, 0.3) is 10.2 Å². The molecule has 0 saturated carbocycles. The van der Waals surface area contributed by atoms with Crippen molar-refractivity contribution in [3.8, 4) is 0 Å². The molecule has 1 unspecified atom stereocenters. The maximum absolute atomic E-state index is 13.2. The van der Waals surface area contributed by atoms with E-state index in [2.05, 4.69) is 49.4 Å². The molecule has 28 heavy (non-hydrogen) atoms.